The van der Waals surface area contributed by atoms with E-state index in [-0.39, 0.29) is 17.8 Å². The number of rotatable bonds is 10. The summed E-state index contributed by atoms with van der Waals surface area (Å²) in [5, 5.41) is 6.57. The molecule has 0 spiro atoms. The van der Waals surface area contributed by atoms with Gasteiger partial charge in [0.2, 0.25) is 5.91 Å². The molecule has 1 aliphatic rings. The van der Waals surface area contributed by atoms with Crippen molar-refractivity contribution >= 4 is 11.9 Å². The van der Waals surface area contributed by atoms with Crippen molar-refractivity contribution in [2.45, 2.75) is 52.3 Å². The van der Waals surface area contributed by atoms with Crippen LogP contribution < -0.4 is 15.4 Å². The van der Waals surface area contributed by atoms with Crippen LogP contribution in [-0.2, 0) is 17.9 Å². The summed E-state index contributed by atoms with van der Waals surface area (Å²) in [4.78, 5) is 18.4. The smallest absolute Gasteiger partial charge is 0.222 e. The van der Waals surface area contributed by atoms with Crippen LogP contribution in [-0.4, -0.2) is 42.5 Å². The molecule has 1 unspecified atom stereocenters. The molecule has 2 aromatic carbocycles. The maximum atomic E-state index is 13.4. The number of carbonyl (C=O) groups excluding carboxylic acids is 1. The quantitative estimate of drug-likeness (QED) is 0.435. The Balaban J connectivity index is 1.52. The Bertz CT molecular complexity index is 901. The predicted molar refractivity (Wildman–Crippen MR) is 125 cm³/mol. The third-order valence-corrected chi connectivity index (χ3v) is 5.38. The Morgan fingerprint density at radius 3 is 2.59 bits per heavy atom. The molecule has 172 valence electrons. The van der Waals surface area contributed by atoms with E-state index < -0.39 is 0 Å². The Morgan fingerprint density at radius 1 is 1.16 bits per heavy atom. The van der Waals surface area contributed by atoms with Crippen LogP contribution in [0.25, 0.3) is 0 Å². The third kappa shape index (κ3) is 7.25. The monoisotopic (exact) mass is 440 g/mol. The number of nitrogens with one attached hydrogen (secondary N) is 2. The highest BCUT2D eigenvalue weighted by molar-refractivity contribution is 5.79. The number of aliphatic imine (C=N–C) groups is 1. The molecule has 0 aliphatic carbocycles. The van der Waals surface area contributed by atoms with Gasteiger partial charge in [0, 0.05) is 32.1 Å². The first-order valence-corrected chi connectivity index (χ1v) is 11.4. The van der Waals surface area contributed by atoms with E-state index >= 15 is 0 Å². The second-order valence-corrected chi connectivity index (χ2v) is 7.92. The lowest BCUT2D eigenvalue weighted by Gasteiger charge is -2.20. The van der Waals surface area contributed by atoms with Crippen molar-refractivity contribution in [3.8, 4) is 5.75 Å². The topological polar surface area (TPSA) is 66.0 Å². The van der Waals surface area contributed by atoms with Crippen molar-refractivity contribution in [1.82, 2.24) is 15.5 Å². The number of guanidine groups is 1. The predicted octanol–water partition coefficient (Wildman–Crippen LogP) is 3.86. The molecule has 1 fully saturated rings. The van der Waals surface area contributed by atoms with Gasteiger partial charge in [-0.05, 0) is 43.0 Å². The molecule has 3 rings (SSSR count). The summed E-state index contributed by atoms with van der Waals surface area (Å²) >= 11 is 0. The average Bonchev–Trinajstić information content (AvgIpc) is 3.20. The number of halogens is 1. The summed E-state index contributed by atoms with van der Waals surface area (Å²) in [5.41, 5.74) is 2.24. The lowest BCUT2D eigenvalue weighted by Crippen LogP contribution is -2.42. The van der Waals surface area contributed by atoms with Crippen LogP contribution in [0.4, 0.5) is 4.39 Å². The number of nitrogens with zero attached hydrogens (tertiary/aromatic N) is 2. The molecule has 1 amide bonds. The van der Waals surface area contributed by atoms with Crippen molar-refractivity contribution in [3.05, 3.63) is 65.5 Å². The van der Waals surface area contributed by atoms with Crippen molar-refractivity contribution in [2.24, 2.45) is 4.99 Å². The maximum Gasteiger partial charge on any atom is 0.222 e. The molecule has 0 saturated carbocycles. The highest BCUT2D eigenvalue weighted by Crippen LogP contribution is 2.16. The van der Waals surface area contributed by atoms with Gasteiger partial charge < -0.3 is 20.3 Å². The van der Waals surface area contributed by atoms with E-state index in [1.54, 1.807) is 12.1 Å². The van der Waals surface area contributed by atoms with Gasteiger partial charge >= 0.3 is 0 Å². The summed E-state index contributed by atoms with van der Waals surface area (Å²) < 4.78 is 19.3. The molecule has 32 heavy (non-hydrogen) atoms. The Morgan fingerprint density at radius 2 is 1.94 bits per heavy atom. The minimum Gasteiger partial charge on any atom is -0.489 e. The lowest BCUT2D eigenvalue weighted by molar-refractivity contribution is -0.128. The van der Waals surface area contributed by atoms with Gasteiger partial charge in [-0.2, -0.15) is 0 Å². The Hall–Kier alpha value is -3.09. The zero-order chi connectivity index (χ0) is 22.8. The van der Waals surface area contributed by atoms with Crippen LogP contribution >= 0.6 is 0 Å². The molecule has 0 bridgehead atoms. The van der Waals surface area contributed by atoms with E-state index in [9.17, 15) is 9.18 Å². The molecule has 1 atom stereocenters. The van der Waals surface area contributed by atoms with E-state index in [0.717, 1.165) is 37.1 Å². The van der Waals surface area contributed by atoms with E-state index in [1.165, 1.54) is 12.1 Å². The first-order chi connectivity index (χ1) is 15.6. The number of hydrogen-bond donors (Lipinski definition) is 2. The molecule has 0 radical (unpaired) electrons. The normalized spacial score (nSPS) is 15.0. The van der Waals surface area contributed by atoms with Gasteiger partial charge in [0.25, 0.3) is 0 Å². The number of ether oxygens (including phenoxy) is 1. The van der Waals surface area contributed by atoms with Gasteiger partial charge in [-0.1, -0.05) is 37.3 Å². The van der Waals surface area contributed by atoms with Gasteiger partial charge in [0.1, 0.15) is 17.7 Å². The number of amides is 1. The van der Waals surface area contributed by atoms with Crippen molar-refractivity contribution < 1.29 is 13.9 Å². The second kappa shape index (κ2) is 12.1. The van der Waals surface area contributed by atoms with E-state index in [1.807, 2.05) is 18.7 Å². The zero-order valence-corrected chi connectivity index (χ0v) is 18.9. The number of hydrogen-bond acceptors (Lipinski definition) is 3. The standard InChI is InChI=1S/C25H33FN4O2/c1-3-22(32-23-8-5-7-21(26)15-23)17-29-25(27-4-2)28-16-19-10-12-20(13-11-19)18-30-14-6-9-24(30)31/h5,7-8,10-13,15,22H,3-4,6,9,14,16-18H2,1-2H3,(H2,27,28,29). The third-order valence-electron chi connectivity index (χ3n) is 5.38. The SMILES string of the molecule is CCNC(=NCc1ccc(CN2CCCC2=O)cc1)NCC(CC)Oc1cccc(F)c1. The molecule has 2 aromatic rings. The minimum atomic E-state index is -0.307. The summed E-state index contributed by atoms with van der Waals surface area (Å²) in [6.07, 6.45) is 2.30. The van der Waals surface area contributed by atoms with Gasteiger partial charge in [-0.15, -0.1) is 0 Å². The molecule has 1 saturated heterocycles. The molecule has 1 heterocycles. The van der Waals surface area contributed by atoms with E-state index in [0.29, 0.717) is 37.8 Å². The van der Waals surface area contributed by atoms with Crippen molar-refractivity contribution in [3.63, 3.8) is 0 Å². The Kier molecular flexibility index (Phi) is 8.90. The highest BCUT2D eigenvalue weighted by Gasteiger charge is 2.19. The molecule has 7 heteroatoms. The first-order valence-electron chi connectivity index (χ1n) is 11.4. The number of likely N-dealkylation sites (tertiary alicyclic amines) is 1. The largest absolute Gasteiger partial charge is 0.489 e. The maximum absolute atomic E-state index is 13.4. The average molecular weight is 441 g/mol. The fraction of sp³-hybridized carbons (Fsp3) is 0.440. The molecule has 2 N–H and O–H groups in total. The minimum absolute atomic E-state index is 0.103. The molecule has 6 nitrogen and oxygen atoms in total. The summed E-state index contributed by atoms with van der Waals surface area (Å²) in [7, 11) is 0. The second-order valence-electron chi connectivity index (χ2n) is 7.92. The number of benzene rings is 2. The van der Waals surface area contributed by atoms with Crippen LogP contribution in [0.1, 0.15) is 44.2 Å². The van der Waals surface area contributed by atoms with Gasteiger partial charge in [0.15, 0.2) is 5.96 Å². The van der Waals surface area contributed by atoms with Crippen LogP contribution in [0.2, 0.25) is 0 Å². The van der Waals surface area contributed by atoms with Crippen LogP contribution in [0.5, 0.6) is 5.75 Å². The summed E-state index contributed by atoms with van der Waals surface area (Å²) in [5.74, 6) is 1.17. The molecular weight excluding hydrogens is 407 g/mol. The molecule has 0 aromatic heterocycles. The summed E-state index contributed by atoms with van der Waals surface area (Å²) in [6.45, 7) is 7.43. The van der Waals surface area contributed by atoms with Gasteiger partial charge in [-0.25, -0.2) is 9.38 Å². The van der Waals surface area contributed by atoms with E-state index in [4.69, 9.17) is 4.74 Å². The van der Waals surface area contributed by atoms with Gasteiger partial charge in [0.05, 0.1) is 13.1 Å². The van der Waals surface area contributed by atoms with Gasteiger partial charge in [-0.3, -0.25) is 4.79 Å². The first kappa shape index (κ1) is 23.6. The fourth-order valence-electron chi connectivity index (χ4n) is 3.57. The van der Waals surface area contributed by atoms with E-state index in [2.05, 4.69) is 39.9 Å². The van der Waals surface area contributed by atoms with Crippen LogP contribution in [0.3, 0.4) is 0 Å². The highest BCUT2D eigenvalue weighted by atomic mass is 19.1. The lowest BCUT2D eigenvalue weighted by atomic mass is 10.1. The molecular formula is C25H33FN4O2. The van der Waals surface area contributed by atoms with Crippen LogP contribution in [0.15, 0.2) is 53.5 Å². The summed E-state index contributed by atoms with van der Waals surface area (Å²) in [6, 6.07) is 14.5. The molecule has 1 aliphatic heterocycles. The Labute approximate surface area is 189 Å². The van der Waals surface area contributed by atoms with Crippen LogP contribution in [0, 0.1) is 5.82 Å². The zero-order valence-electron chi connectivity index (χ0n) is 18.9. The van der Waals surface area contributed by atoms with Crippen molar-refractivity contribution in [1.29, 1.82) is 0 Å². The van der Waals surface area contributed by atoms with Crippen molar-refractivity contribution in [2.75, 3.05) is 19.6 Å². The fourth-order valence-corrected chi connectivity index (χ4v) is 3.57. The number of carbonyl (C=O) groups is 1.